The minimum Gasteiger partial charge on any atom is -0.398 e. The third-order valence-corrected chi connectivity index (χ3v) is 6.38. The summed E-state index contributed by atoms with van der Waals surface area (Å²) in [6.07, 6.45) is -8.44. The zero-order valence-electron chi connectivity index (χ0n) is 18.1. The molecule has 2 aromatic heterocycles. The lowest BCUT2D eigenvalue weighted by Crippen LogP contribution is -2.49. The molecule has 1 aromatic carbocycles. The topological polar surface area (TPSA) is 112 Å². The monoisotopic (exact) mass is 515 g/mol. The summed E-state index contributed by atoms with van der Waals surface area (Å²) in [5.41, 5.74) is 1.65. The first-order valence-corrected chi connectivity index (χ1v) is 10.8. The predicted molar refractivity (Wildman–Crippen MR) is 118 cm³/mol. The maximum absolute atomic E-state index is 13.2. The number of alkyl halides is 6. The molecule has 0 spiro atoms. The summed E-state index contributed by atoms with van der Waals surface area (Å²) in [6, 6.07) is 8.98. The van der Waals surface area contributed by atoms with Crippen LogP contribution >= 0.6 is 11.3 Å². The second-order valence-electron chi connectivity index (χ2n) is 7.65. The first kappa shape index (κ1) is 26.3. The van der Waals surface area contributed by atoms with E-state index in [1.165, 1.54) is 6.07 Å². The molecule has 0 radical (unpaired) electrons. The van der Waals surface area contributed by atoms with Crippen LogP contribution in [0.25, 0.3) is 21.2 Å². The molecule has 35 heavy (non-hydrogen) atoms. The van der Waals surface area contributed by atoms with Crippen LogP contribution in [0.5, 0.6) is 0 Å². The van der Waals surface area contributed by atoms with Gasteiger partial charge < -0.3 is 15.8 Å². The van der Waals surface area contributed by atoms with Gasteiger partial charge in [-0.05, 0) is 24.1 Å². The summed E-state index contributed by atoms with van der Waals surface area (Å²) in [5.74, 6) is 5.80. The van der Waals surface area contributed by atoms with Gasteiger partial charge >= 0.3 is 12.4 Å². The molecule has 5 N–H and O–H groups in total. The zero-order chi connectivity index (χ0) is 26.2. The van der Waals surface area contributed by atoms with Gasteiger partial charge in [-0.2, -0.15) is 31.6 Å². The predicted octanol–water partition coefficient (Wildman–Crippen LogP) is 5.03. The summed E-state index contributed by atoms with van der Waals surface area (Å²) in [6.45, 7) is 1.06. The number of pyridine rings is 1. The van der Waals surface area contributed by atoms with Crippen LogP contribution < -0.4 is 11.6 Å². The Balaban J connectivity index is 1.92. The lowest BCUT2D eigenvalue weighted by Gasteiger charge is -2.30. The normalized spacial score (nSPS) is 14.6. The van der Waals surface area contributed by atoms with Crippen molar-refractivity contribution in [1.82, 2.24) is 9.99 Å². The fourth-order valence-corrected chi connectivity index (χ4v) is 4.51. The lowest BCUT2D eigenvalue weighted by molar-refractivity contribution is -0.245. The summed E-state index contributed by atoms with van der Waals surface area (Å²) < 4.78 is 78.6. The standard InChI is InChI=1S/C22H19F6N5OS/c1-2-20(34,22(26,27)28)17(30)11-33(31)10-12-3-5-14-15(7-12)35-16(8-29)19(14)13-4-6-18(32-9-13)21(23,24)25/h3-7,9,11,34H,2,10,30-31H2,1H3/b17-11-. The van der Waals surface area contributed by atoms with Gasteiger partial charge in [0.15, 0.2) is 0 Å². The number of aromatic nitrogens is 1. The Bertz CT molecular complexity index is 1290. The van der Waals surface area contributed by atoms with Crippen molar-refractivity contribution in [1.29, 1.82) is 5.26 Å². The number of halogens is 6. The van der Waals surface area contributed by atoms with Gasteiger partial charge in [0.25, 0.3) is 0 Å². The van der Waals surface area contributed by atoms with Crippen molar-refractivity contribution in [2.75, 3.05) is 0 Å². The Labute approximate surface area is 199 Å². The van der Waals surface area contributed by atoms with Crippen molar-refractivity contribution in [2.24, 2.45) is 11.6 Å². The van der Waals surface area contributed by atoms with Crippen LogP contribution in [-0.4, -0.2) is 26.9 Å². The first-order valence-electron chi connectivity index (χ1n) is 9.98. The summed E-state index contributed by atoms with van der Waals surface area (Å²) >= 11 is 1.10. The highest BCUT2D eigenvalue weighted by atomic mass is 32.1. The van der Waals surface area contributed by atoms with Crippen LogP contribution in [0, 0.1) is 11.3 Å². The molecule has 0 fully saturated rings. The Morgan fingerprint density at radius 3 is 2.40 bits per heavy atom. The number of benzene rings is 1. The van der Waals surface area contributed by atoms with Crippen molar-refractivity contribution >= 4 is 21.4 Å². The van der Waals surface area contributed by atoms with Crippen molar-refractivity contribution in [3.05, 3.63) is 64.6 Å². The molecule has 13 heteroatoms. The molecule has 3 rings (SSSR count). The Kier molecular flexibility index (Phi) is 7.03. The fourth-order valence-electron chi connectivity index (χ4n) is 3.42. The second-order valence-corrected chi connectivity index (χ2v) is 8.70. The number of hydrogen-bond acceptors (Lipinski definition) is 7. The largest absolute Gasteiger partial charge is 0.433 e. The molecule has 0 aliphatic heterocycles. The molecule has 2 heterocycles. The van der Waals surface area contributed by atoms with E-state index in [9.17, 15) is 36.7 Å². The quantitative estimate of drug-likeness (QED) is 0.241. The van der Waals surface area contributed by atoms with Crippen molar-refractivity contribution < 1.29 is 31.4 Å². The van der Waals surface area contributed by atoms with Gasteiger partial charge in [0.1, 0.15) is 16.6 Å². The number of rotatable bonds is 6. The highest BCUT2D eigenvalue weighted by Gasteiger charge is 2.54. The average Bonchev–Trinajstić information content (AvgIpc) is 3.14. The van der Waals surface area contributed by atoms with Gasteiger partial charge in [-0.1, -0.05) is 25.1 Å². The molecule has 186 valence electrons. The average molecular weight is 515 g/mol. The summed E-state index contributed by atoms with van der Waals surface area (Å²) in [7, 11) is 0. The number of nitrogens with zero attached hydrogens (tertiary/aromatic N) is 3. The number of nitrogens with two attached hydrogens (primary N) is 2. The molecule has 0 aliphatic carbocycles. The van der Waals surface area contributed by atoms with Gasteiger partial charge in [-0.3, -0.25) is 4.98 Å². The molecule has 0 saturated heterocycles. The molecular weight excluding hydrogens is 496 g/mol. The number of nitriles is 1. The lowest BCUT2D eigenvalue weighted by atomic mass is 9.96. The molecule has 0 saturated carbocycles. The highest BCUT2D eigenvalue weighted by Crippen LogP contribution is 2.40. The smallest absolute Gasteiger partial charge is 0.398 e. The van der Waals surface area contributed by atoms with Crippen molar-refractivity contribution in [3.63, 3.8) is 0 Å². The van der Waals surface area contributed by atoms with E-state index in [2.05, 4.69) is 4.98 Å². The molecule has 1 atom stereocenters. The van der Waals surface area contributed by atoms with Crippen LogP contribution in [0.2, 0.25) is 0 Å². The van der Waals surface area contributed by atoms with Crippen molar-refractivity contribution in [2.45, 2.75) is 37.8 Å². The van der Waals surface area contributed by atoms with Gasteiger partial charge in [0.05, 0.1) is 12.2 Å². The zero-order valence-corrected chi connectivity index (χ0v) is 18.9. The van der Waals surface area contributed by atoms with Crippen LogP contribution in [0.1, 0.15) is 29.5 Å². The van der Waals surface area contributed by atoms with E-state index in [1.807, 2.05) is 6.07 Å². The molecule has 6 nitrogen and oxygen atoms in total. The van der Waals surface area contributed by atoms with Gasteiger partial charge in [0, 0.05) is 33.6 Å². The van der Waals surface area contributed by atoms with E-state index >= 15 is 0 Å². The molecule has 1 unspecified atom stereocenters. The number of aliphatic hydroxyl groups is 1. The molecule has 3 aromatic rings. The van der Waals surface area contributed by atoms with Crippen LogP contribution in [-0.2, 0) is 12.7 Å². The Hall–Kier alpha value is -3.34. The molecule has 0 bridgehead atoms. The summed E-state index contributed by atoms with van der Waals surface area (Å²) in [4.78, 5) is 3.70. The molecule has 0 aliphatic rings. The molecular formula is C22H19F6N5OS. The Morgan fingerprint density at radius 2 is 1.89 bits per heavy atom. The SMILES string of the molecule is CCC(O)(/C(N)=C/N(N)Cc1ccc2c(-c3ccc(C(F)(F)F)nc3)c(C#N)sc2c1)C(F)(F)F. The first-order chi connectivity index (χ1) is 16.2. The Morgan fingerprint density at radius 1 is 1.20 bits per heavy atom. The fraction of sp³-hybridized carbons (Fsp3) is 0.273. The minimum atomic E-state index is -4.99. The number of fused-ring (bicyclic) bond motifs is 1. The minimum absolute atomic E-state index is 0.0781. The highest BCUT2D eigenvalue weighted by molar-refractivity contribution is 7.20. The number of hydrazine groups is 1. The van der Waals surface area contributed by atoms with E-state index in [0.717, 1.165) is 41.7 Å². The van der Waals surface area contributed by atoms with Crippen LogP contribution in [0.15, 0.2) is 48.4 Å². The van der Waals surface area contributed by atoms with Gasteiger partial charge in [-0.25, -0.2) is 5.84 Å². The third-order valence-electron chi connectivity index (χ3n) is 5.33. The maximum atomic E-state index is 13.2. The number of hydrogen-bond donors (Lipinski definition) is 3. The second kappa shape index (κ2) is 9.37. The van der Waals surface area contributed by atoms with Crippen LogP contribution in [0.4, 0.5) is 26.3 Å². The maximum Gasteiger partial charge on any atom is 0.433 e. The van der Waals surface area contributed by atoms with E-state index in [0.29, 0.717) is 26.8 Å². The van der Waals surface area contributed by atoms with E-state index < -0.39 is 35.8 Å². The van der Waals surface area contributed by atoms with E-state index in [-0.39, 0.29) is 11.4 Å². The summed E-state index contributed by atoms with van der Waals surface area (Å²) in [5, 5.41) is 20.9. The van der Waals surface area contributed by atoms with Crippen molar-refractivity contribution in [3.8, 4) is 17.2 Å². The van der Waals surface area contributed by atoms with E-state index in [4.69, 9.17) is 11.6 Å². The van der Waals surface area contributed by atoms with Crippen LogP contribution in [0.3, 0.4) is 0 Å². The molecule has 0 amide bonds. The van der Waals surface area contributed by atoms with Gasteiger partial charge in [-0.15, -0.1) is 11.3 Å². The number of thiophene rings is 1. The van der Waals surface area contributed by atoms with Gasteiger partial charge in [0.2, 0.25) is 5.60 Å². The van der Waals surface area contributed by atoms with E-state index in [1.54, 1.807) is 18.2 Å². The third kappa shape index (κ3) is 5.19.